The molecule has 1 aliphatic rings. The molecule has 1 fully saturated rings. The molecule has 1 saturated heterocycles. The van der Waals surface area contributed by atoms with Gasteiger partial charge >= 0.3 is 6.03 Å². The van der Waals surface area contributed by atoms with Crippen molar-refractivity contribution in [1.29, 1.82) is 0 Å². The number of hydrogen-bond donors (Lipinski definition) is 0. The predicted octanol–water partition coefficient (Wildman–Crippen LogP) is 1.96. The topological polar surface area (TPSA) is 57.7 Å². The highest BCUT2D eigenvalue weighted by Crippen LogP contribution is 2.35. The third-order valence-corrected chi connectivity index (χ3v) is 3.60. The lowest BCUT2D eigenvalue weighted by atomic mass is 9.78. The van der Waals surface area contributed by atoms with E-state index in [1.807, 2.05) is 0 Å². The first kappa shape index (κ1) is 15.1. The molecule has 0 aromatic heterocycles. The summed E-state index contributed by atoms with van der Waals surface area (Å²) in [6, 6.07) is -0.590. The Labute approximate surface area is 113 Å². The van der Waals surface area contributed by atoms with Gasteiger partial charge < -0.3 is 0 Å². The minimum atomic E-state index is -1.14. The summed E-state index contributed by atoms with van der Waals surface area (Å²) in [5, 5.41) is 0. The Bertz CT molecular complexity index is 390. The van der Waals surface area contributed by atoms with Crippen molar-refractivity contribution in [2.45, 2.75) is 26.7 Å². The molecule has 0 aliphatic carbocycles. The van der Waals surface area contributed by atoms with Crippen LogP contribution in [0, 0.1) is 5.41 Å². The largest absolute Gasteiger partial charge is 0.334 e. The number of carbonyl (C=O) groups excluding carboxylic acids is 3. The van der Waals surface area contributed by atoms with E-state index in [2.05, 4.69) is 13.2 Å². The molecule has 104 valence electrons. The van der Waals surface area contributed by atoms with E-state index in [0.717, 1.165) is 9.80 Å². The van der Waals surface area contributed by atoms with Crippen LogP contribution in [-0.4, -0.2) is 40.7 Å². The van der Waals surface area contributed by atoms with Crippen LogP contribution >= 0.6 is 0 Å². The number of imide groups is 2. The van der Waals surface area contributed by atoms with Crippen molar-refractivity contribution >= 4 is 17.8 Å². The number of amides is 4. The second kappa shape index (κ2) is 5.82. The standard InChI is InChI=1S/C14H20N2O3/c1-5-9-15-11(17)14(7-3,8-4)12(18)16(10-6-2)13(15)19/h5-6H,1-2,7-10H2,3-4H3. The molecule has 0 bridgehead atoms. The van der Waals surface area contributed by atoms with E-state index >= 15 is 0 Å². The zero-order chi connectivity index (χ0) is 14.6. The lowest BCUT2D eigenvalue weighted by Gasteiger charge is -2.42. The van der Waals surface area contributed by atoms with Crippen molar-refractivity contribution in [3.05, 3.63) is 25.3 Å². The van der Waals surface area contributed by atoms with Gasteiger partial charge in [-0.1, -0.05) is 26.0 Å². The van der Waals surface area contributed by atoms with E-state index < -0.39 is 23.3 Å². The van der Waals surface area contributed by atoms with Crippen LogP contribution in [0.3, 0.4) is 0 Å². The van der Waals surface area contributed by atoms with Gasteiger partial charge in [0.15, 0.2) is 0 Å². The van der Waals surface area contributed by atoms with Gasteiger partial charge in [-0.05, 0) is 12.8 Å². The molecule has 5 nitrogen and oxygen atoms in total. The van der Waals surface area contributed by atoms with Crippen LogP contribution in [0.5, 0.6) is 0 Å². The van der Waals surface area contributed by atoms with E-state index in [-0.39, 0.29) is 13.1 Å². The van der Waals surface area contributed by atoms with Gasteiger partial charge in [-0.3, -0.25) is 19.4 Å². The molecule has 1 aliphatic heterocycles. The molecule has 0 unspecified atom stereocenters. The highest BCUT2D eigenvalue weighted by atomic mass is 16.2. The van der Waals surface area contributed by atoms with Gasteiger partial charge in [-0.25, -0.2) is 4.79 Å². The molecule has 1 heterocycles. The van der Waals surface area contributed by atoms with E-state index in [0.29, 0.717) is 12.8 Å². The van der Waals surface area contributed by atoms with E-state index in [4.69, 9.17) is 0 Å². The normalized spacial score (nSPS) is 18.7. The summed E-state index contributed by atoms with van der Waals surface area (Å²) in [4.78, 5) is 39.2. The van der Waals surface area contributed by atoms with Crippen molar-refractivity contribution in [1.82, 2.24) is 9.80 Å². The lowest BCUT2D eigenvalue weighted by Crippen LogP contribution is -2.64. The molecule has 0 N–H and O–H groups in total. The van der Waals surface area contributed by atoms with Crippen LogP contribution < -0.4 is 0 Å². The number of carbonyl (C=O) groups is 3. The molecule has 0 spiro atoms. The van der Waals surface area contributed by atoms with Crippen LogP contribution in [-0.2, 0) is 9.59 Å². The average Bonchev–Trinajstić information content (AvgIpc) is 2.41. The maximum Gasteiger partial charge on any atom is 0.334 e. The summed E-state index contributed by atoms with van der Waals surface area (Å²) >= 11 is 0. The van der Waals surface area contributed by atoms with Crippen molar-refractivity contribution in [3.8, 4) is 0 Å². The molecule has 0 saturated carbocycles. The highest BCUT2D eigenvalue weighted by molar-refractivity contribution is 6.19. The average molecular weight is 264 g/mol. The Morgan fingerprint density at radius 1 is 0.947 bits per heavy atom. The molecule has 0 aromatic carbocycles. The van der Waals surface area contributed by atoms with Crippen molar-refractivity contribution in [3.63, 3.8) is 0 Å². The third-order valence-electron chi connectivity index (χ3n) is 3.60. The van der Waals surface area contributed by atoms with Gasteiger partial charge in [-0.2, -0.15) is 0 Å². The van der Waals surface area contributed by atoms with Crippen LogP contribution in [0.1, 0.15) is 26.7 Å². The van der Waals surface area contributed by atoms with Crippen molar-refractivity contribution in [2.24, 2.45) is 5.41 Å². The van der Waals surface area contributed by atoms with Gasteiger partial charge in [0.25, 0.3) is 0 Å². The van der Waals surface area contributed by atoms with Gasteiger partial charge in [0.05, 0.1) is 0 Å². The van der Waals surface area contributed by atoms with Crippen LogP contribution in [0.4, 0.5) is 4.79 Å². The van der Waals surface area contributed by atoms with Crippen LogP contribution in [0.2, 0.25) is 0 Å². The fourth-order valence-corrected chi connectivity index (χ4v) is 2.36. The second-order valence-electron chi connectivity index (χ2n) is 4.48. The summed E-state index contributed by atoms with van der Waals surface area (Å²) in [5.74, 6) is -0.847. The smallest absolute Gasteiger partial charge is 0.273 e. The van der Waals surface area contributed by atoms with Gasteiger partial charge in [0.1, 0.15) is 5.41 Å². The lowest BCUT2D eigenvalue weighted by molar-refractivity contribution is -0.158. The summed E-state index contributed by atoms with van der Waals surface area (Å²) < 4.78 is 0. The SMILES string of the molecule is C=CCN1C(=O)N(CC=C)C(=O)C(CC)(CC)C1=O. The fourth-order valence-electron chi connectivity index (χ4n) is 2.36. The quantitative estimate of drug-likeness (QED) is 0.544. The Kier molecular flexibility index (Phi) is 4.64. The minimum absolute atomic E-state index is 0.111. The Morgan fingerprint density at radius 3 is 1.58 bits per heavy atom. The van der Waals surface area contributed by atoms with Crippen molar-refractivity contribution in [2.75, 3.05) is 13.1 Å². The number of urea groups is 1. The second-order valence-corrected chi connectivity index (χ2v) is 4.48. The molecular formula is C14H20N2O3. The first-order valence-corrected chi connectivity index (χ1v) is 6.39. The van der Waals surface area contributed by atoms with Crippen molar-refractivity contribution < 1.29 is 14.4 Å². The van der Waals surface area contributed by atoms with Gasteiger partial charge in [-0.15, -0.1) is 13.2 Å². The summed E-state index contributed by atoms with van der Waals surface area (Å²) in [6.45, 7) is 10.9. The molecular weight excluding hydrogens is 244 g/mol. The Hall–Kier alpha value is -1.91. The Balaban J connectivity index is 3.30. The highest BCUT2D eigenvalue weighted by Gasteiger charge is 2.54. The Morgan fingerprint density at radius 2 is 1.32 bits per heavy atom. The van der Waals surface area contributed by atoms with Crippen LogP contribution in [0.15, 0.2) is 25.3 Å². The summed E-state index contributed by atoms with van der Waals surface area (Å²) in [7, 11) is 0. The number of rotatable bonds is 6. The van der Waals surface area contributed by atoms with E-state index in [1.165, 1.54) is 12.2 Å². The molecule has 4 amide bonds. The van der Waals surface area contributed by atoms with Gasteiger partial charge in [0.2, 0.25) is 11.8 Å². The number of barbiturate groups is 1. The molecule has 5 heteroatoms. The minimum Gasteiger partial charge on any atom is -0.273 e. The van der Waals surface area contributed by atoms with Gasteiger partial charge in [0, 0.05) is 13.1 Å². The number of nitrogens with zero attached hydrogens (tertiary/aromatic N) is 2. The maximum absolute atomic E-state index is 12.5. The first-order valence-electron chi connectivity index (χ1n) is 6.39. The third kappa shape index (κ3) is 2.20. The fraction of sp³-hybridized carbons (Fsp3) is 0.500. The first-order chi connectivity index (χ1) is 8.99. The molecule has 19 heavy (non-hydrogen) atoms. The molecule has 0 aromatic rings. The van der Waals surface area contributed by atoms with Crippen LogP contribution in [0.25, 0.3) is 0 Å². The van der Waals surface area contributed by atoms with E-state index in [9.17, 15) is 14.4 Å². The zero-order valence-corrected chi connectivity index (χ0v) is 11.5. The predicted molar refractivity (Wildman–Crippen MR) is 72.2 cm³/mol. The molecule has 0 radical (unpaired) electrons. The summed E-state index contributed by atoms with van der Waals surface area (Å²) in [5.41, 5.74) is -1.14. The molecule has 0 atom stereocenters. The molecule has 1 rings (SSSR count). The zero-order valence-electron chi connectivity index (χ0n) is 11.5. The number of hydrogen-bond acceptors (Lipinski definition) is 3. The maximum atomic E-state index is 12.5. The van der Waals surface area contributed by atoms with E-state index in [1.54, 1.807) is 13.8 Å². The monoisotopic (exact) mass is 264 g/mol. The summed E-state index contributed by atoms with van der Waals surface area (Å²) in [6.07, 6.45) is 3.70.